The second-order valence-corrected chi connectivity index (χ2v) is 4.02. The van der Waals surface area contributed by atoms with Gasteiger partial charge in [0.1, 0.15) is 17.0 Å². The number of benzene rings is 1. The highest BCUT2D eigenvalue weighted by molar-refractivity contribution is 6.36. The third-order valence-electron chi connectivity index (χ3n) is 2.48. The molecule has 1 heterocycles. The molecule has 1 aromatic heterocycles. The number of hydrogen-bond donors (Lipinski definition) is 1. The fourth-order valence-corrected chi connectivity index (χ4v) is 1.88. The first-order valence-corrected chi connectivity index (χ1v) is 5.65. The molecule has 0 spiro atoms. The van der Waals surface area contributed by atoms with E-state index in [0.717, 1.165) is 0 Å². The maximum absolute atomic E-state index is 13.5. The smallest absolute Gasteiger partial charge is 0.354 e. The first-order chi connectivity index (χ1) is 8.95. The molecule has 0 radical (unpaired) electrons. The Labute approximate surface area is 111 Å². The summed E-state index contributed by atoms with van der Waals surface area (Å²) in [5.41, 5.74) is -0.528. The van der Waals surface area contributed by atoms with Crippen LogP contribution in [0.25, 0.3) is 10.9 Å². The minimum atomic E-state index is -0.921. The van der Waals surface area contributed by atoms with Gasteiger partial charge in [0.15, 0.2) is 0 Å². The number of carbonyl (C=O) groups is 1. The molecule has 0 saturated heterocycles. The Morgan fingerprint density at radius 3 is 2.84 bits per heavy atom. The fourth-order valence-electron chi connectivity index (χ4n) is 1.68. The number of ether oxygens (including phenoxy) is 1. The van der Waals surface area contributed by atoms with Crippen LogP contribution in [0.5, 0.6) is 0 Å². The van der Waals surface area contributed by atoms with Gasteiger partial charge in [-0.15, -0.1) is 0 Å². The van der Waals surface area contributed by atoms with Gasteiger partial charge < -0.3 is 9.72 Å². The number of H-pyrrole nitrogens is 1. The van der Waals surface area contributed by atoms with Gasteiger partial charge in [-0.25, -0.2) is 9.18 Å². The van der Waals surface area contributed by atoms with Crippen LogP contribution in [0.2, 0.25) is 5.02 Å². The van der Waals surface area contributed by atoms with Gasteiger partial charge in [-0.3, -0.25) is 10.1 Å². The molecule has 19 heavy (non-hydrogen) atoms. The van der Waals surface area contributed by atoms with E-state index in [1.807, 2.05) is 0 Å². The molecule has 2 aromatic rings. The molecule has 0 aliphatic heterocycles. The number of halogens is 2. The van der Waals surface area contributed by atoms with Crippen molar-refractivity contribution in [2.24, 2.45) is 0 Å². The van der Waals surface area contributed by atoms with Crippen molar-refractivity contribution in [3.8, 4) is 0 Å². The average molecular weight is 287 g/mol. The minimum Gasteiger partial charge on any atom is -0.461 e. The molecule has 100 valence electrons. The Morgan fingerprint density at radius 2 is 2.26 bits per heavy atom. The Balaban J connectivity index is 2.70. The van der Waals surface area contributed by atoms with Crippen LogP contribution >= 0.6 is 11.6 Å². The van der Waals surface area contributed by atoms with Crippen molar-refractivity contribution in [3.63, 3.8) is 0 Å². The zero-order valence-corrected chi connectivity index (χ0v) is 10.5. The van der Waals surface area contributed by atoms with E-state index in [2.05, 4.69) is 4.98 Å². The van der Waals surface area contributed by atoms with Crippen molar-refractivity contribution in [1.29, 1.82) is 0 Å². The van der Waals surface area contributed by atoms with Crippen molar-refractivity contribution in [3.05, 3.63) is 38.8 Å². The van der Waals surface area contributed by atoms with Gasteiger partial charge in [0.25, 0.3) is 5.69 Å². The van der Waals surface area contributed by atoms with Crippen molar-refractivity contribution in [2.75, 3.05) is 6.61 Å². The molecule has 6 nitrogen and oxygen atoms in total. The average Bonchev–Trinajstić information content (AvgIpc) is 2.79. The van der Waals surface area contributed by atoms with Crippen LogP contribution in [-0.4, -0.2) is 22.5 Å². The minimum absolute atomic E-state index is 0.0144. The number of rotatable bonds is 3. The first kappa shape index (κ1) is 13.3. The van der Waals surface area contributed by atoms with E-state index in [0.29, 0.717) is 6.07 Å². The summed E-state index contributed by atoms with van der Waals surface area (Å²) in [6.45, 7) is 1.77. The van der Waals surface area contributed by atoms with Crippen molar-refractivity contribution in [2.45, 2.75) is 6.92 Å². The van der Waals surface area contributed by atoms with E-state index < -0.39 is 22.4 Å². The zero-order chi connectivity index (χ0) is 14.2. The van der Waals surface area contributed by atoms with Crippen LogP contribution in [0, 0.1) is 15.9 Å². The molecule has 0 bridgehead atoms. The molecular weight excluding hydrogens is 279 g/mol. The number of aromatic nitrogens is 1. The lowest BCUT2D eigenvalue weighted by atomic mass is 10.2. The normalized spacial score (nSPS) is 10.7. The number of nitro benzene ring substituents is 1. The number of non-ortho nitro benzene ring substituents is 1. The maximum Gasteiger partial charge on any atom is 0.354 e. The molecule has 0 amide bonds. The summed E-state index contributed by atoms with van der Waals surface area (Å²) in [7, 11) is 0. The third-order valence-corrected chi connectivity index (χ3v) is 2.86. The largest absolute Gasteiger partial charge is 0.461 e. The van der Waals surface area contributed by atoms with Crippen LogP contribution in [0.1, 0.15) is 17.4 Å². The highest BCUT2D eigenvalue weighted by atomic mass is 35.5. The predicted molar refractivity (Wildman–Crippen MR) is 65.9 cm³/mol. The third kappa shape index (κ3) is 2.24. The van der Waals surface area contributed by atoms with E-state index in [1.165, 1.54) is 6.07 Å². The summed E-state index contributed by atoms with van der Waals surface area (Å²) >= 11 is 5.73. The summed E-state index contributed by atoms with van der Waals surface area (Å²) in [5, 5.41) is 10.6. The number of hydrogen-bond acceptors (Lipinski definition) is 4. The number of carbonyl (C=O) groups excluding carboxylic acids is 1. The summed E-state index contributed by atoms with van der Waals surface area (Å²) in [5.74, 6) is -1.61. The van der Waals surface area contributed by atoms with Gasteiger partial charge in [-0.05, 0) is 13.0 Å². The van der Waals surface area contributed by atoms with Crippen LogP contribution < -0.4 is 0 Å². The highest BCUT2D eigenvalue weighted by Crippen LogP contribution is 2.34. The molecule has 1 N–H and O–H groups in total. The summed E-state index contributed by atoms with van der Waals surface area (Å²) in [4.78, 5) is 24.1. The number of nitrogens with zero attached hydrogens (tertiary/aromatic N) is 1. The standard InChI is InChI=1S/C11H8ClFN2O4/c1-2-19-11(16)7-3-5-9(12)6(13)4-8(15(17)18)10(5)14-7/h3-4,14H,2H2,1H3. The Bertz CT molecular complexity index is 683. The van der Waals surface area contributed by atoms with E-state index in [4.69, 9.17) is 16.3 Å². The van der Waals surface area contributed by atoms with Crippen LogP contribution in [0.15, 0.2) is 12.1 Å². The number of esters is 1. The number of nitro groups is 1. The Hall–Kier alpha value is -2.15. The zero-order valence-electron chi connectivity index (χ0n) is 9.70. The molecule has 0 fully saturated rings. The van der Waals surface area contributed by atoms with Crippen molar-refractivity contribution < 1.29 is 18.8 Å². The lowest BCUT2D eigenvalue weighted by molar-refractivity contribution is -0.383. The van der Waals surface area contributed by atoms with Gasteiger partial charge in [-0.2, -0.15) is 0 Å². The van der Waals surface area contributed by atoms with E-state index >= 15 is 0 Å². The molecule has 8 heteroatoms. The number of aromatic amines is 1. The predicted octanol–water partition coefficient (Wildman–Crippen LogP) is 3.05. The fraction of sp³-hybridized carbons (Fsp3) is 0.182. The van der Waals surface area contributed by atoms with E-state index in [-0.39, 0.29) is 28.2 Å². The summed E-state index contributed by atoms with van der Waals surface area (Å²) in [6.07, 6.45) is 0. The second-order valence-electron chi connectivity index (χ2n) is 3.64. The van der Waals surface area contributed by atoms with Gasteiger partial charge >= 0.3 is 5.97 Å². The van der Waals surface area contributed by atoms with Crippen LogP contribution in [0.3, 0.4) is 0 Å². The van der Waals surface area contributed by atoms with Crippen molar-refractivity contribution in [1.82, 2.24) is 4.98 Å². The van der Waals surface area contributed by atoms with E-state index in [1.54, 1.807) is 6.92 Å². The molecule has 0 atom stereocenters. The monoisotopic (exact) mass is 286 g/mol. The highest BCUT2D eigenvalue weighted by Gasteiger charge is 2.22. The maximum atomic E-state index is 13.5. The summed E-state index contributed by atoms with van der Waals surface area (Å²) < 4.78 is 18.2. The topological polar surface area (TPSA) is 85.2 Å². The van der Waals surface area contributed by atoms with E-state index in [9.17, 15) is 19.3 Å². The van der Waals surface area contributed by atoms with Gasteiger partial charge in [0.05, 0.1) is 22.6 Å². The summed E-state index contributed by atoms with van der Waals surface area (Å²) in [6, 6.07) is 1.93. The quantitative estimate of drug-likeness (QED) is 0.534. The molecule has 0 aliphatic carbocycles. The van der Waals surface area contributed by atoms with Crippen molar-refractivity contribution >= 4 is 34.2 Å². The second kappa shape index (κ2) is 4.85. The number of fused-ring (bicyclic) bond motifs is 1. The number of nitrogens with one attached hydrogen (secondary N) is 1. The van der Waals surface area contributed by atoms with Crippen LogP contribution in [0.4, 0.5) is 10.1 Å². The molecule has 0 unspecified atom stereocenters. The first-order valence-electron chi connectivity index (χ1n) is 5.28. The molecule has 0 saturated carbocycles. The van der Waals surface area contributed by atoms with Gasteiger partial charge in [-0.1, -0.05) is 11.6 Å². The van der Waals surface area contributed by atoms with Gasteiger partial charge in [0.2, 0.25) is 0 Å². The van der Waals surface area contributed by atoms with Gasteiger partial charge in [0, 0.05) is 5.39 Å². The molecular formula is C11H8ClFN2O4. The SMILES string of the molecule is CCOC(=O)c1cc2c(Cl)c(F)cc([N+](=O)[O-])c2[nH]1. The molecule has 0 aliphatic rings. The Kier molecular flexibility index (Phi) is 3.39. The lowest BCUT2D eigenvalue weighted by Crippen LogP contribution is -2.04. The Morgan fingerprint density at radius 1 is 1.58 bits per heavy atom. The molecule has 1 aromatic carbocycles. The lowest BCUT2D eigenvalue weighted by Gasteiger charge is -1.98. The molecule has 2 rings (SSSR count). The van der Waals surface area contributed by atoms with Crippen LogP contribution in [-0.2, 0) is 4.74 Å².